The maximum atomic E-state index is 12.9. The van der Waals surface area contributed by atoms with Crippen molar-refractivity contribution in [1.82, 2.24) is 0 Å². The van der Waals surface area contributed by atoms with Crippen molar-refractivity contribution < 1.29 is 18.7 Å². The highest BCUT2D eigenvalue weighted by molar-refractivity contribution is 6.05. The van der Waals surface area contributed by atoms with Crippen LogP contribution in [0.3, 0.4) is 0 Å². The number of rotatable bonds is 9. The number of benzene rings is 4. The van der Waals surface area contributed by atoms with Crippen LogP contribution < -0.4 is 30.4 Å². The molecule has 4 N–H and O–H groups in total. The fourth-order valence-electron chi connectivity index (χ4n) is 4.81. The summed E-state index contributed by atoms with van der Waals surface area (Å²) in [6.07, 6.45) is 7.90. The zero-order valence-electron chi connectivity index (χ0n) is 25.6. The van der Waals surface area contributed by atoms with Gasteiger partial charge in [-0.05, 0) is 83.9 Å². The number of pyridine rings is 2. The summed E-state index contributed by atoms with van der Waals surface area (Å²) < 4.78 is 3.95. The lowest BCUT2D eigenvalue weighted by Crippen LogP contribution is -2.25. The maximum Gasteiger partial charge on any atom is 0.255 e. The Bertz CT molecular complexity index is 1790. The molecular formula is C38H34N6O2+2. The topological polar surface area (TPSA) is 90.0 Å². The Kier molecular flexibility index (Phi) is 8.78. The van der Waals surface area contributed by atoms with Crippen LogP contribution in [0.2, 0.25) is 0 Å². The van der Waals surface area contributed by atoms with Crippen LogP contribution in [0.1, 0.15) is 20.7 Å². The number of aryl methyl sites for hydroxylation is 2. The summed E-state index contributed by atoms with van der Waals surface area (Å²) >= 11 is 0. The number of nitrogens with one attached hydrogen (secondary N) is 4. The lowest BCUT2D eigenvalue weighted by atomic mass is 10.0. The highest BCUT2D eigenvalue weighted by Crippen LogP contribution is 2.23. The van der Waals surface area contributed by atoms with Crippen LogP contribution in [0.5, 0.6) is 0 Å². The van der Waals surface area contributed by atoms with Gasteiger partial charge in [-0.3, -0.25) is 9.59 Å². The van der Waals surface area contributed by atoms with Crippen molar-refractivity contribution in [3.05, 3.63) is 157 Å². The second-order valence-corrected chi connectivity index (χ2v) is 11.0. The molecule has 0 fully saturated rings. The molecule has 0 unspecified atom stereocenters. The molecule has 0 bridgehead atoms. The van der Waals surface area contributed by atoms with E-state index in [1.54, 1.807) is 24.3 Å². The van der Waals surface area contributed by atoms with Crippen LogP contribution in [0.15, 0.2) is 146 Å². The summed E-state index contributed by atoms with van der Waals surface area (Å²) in [5.74, 6) is -0.374. The van der Waals surface area contributed by atoms with Gasteiger partial charge in [0, 0.05) is 58.1 Å². The standard InChI is InChI=1S/C38H32N6O2/c1-43-23-19-35(20-24-43)39-31-11-15-33(16-12-31)41-37(45)29-7-3-27(4-8-29)28-5-9-30(10-6-28)38(46)42-34-17-13-32(14-18-34)40-36-21-25-44(2)26-22-36/h3-26H,1-2H3,(H2,41,42,45,46)/p+2. The van der Waals surface area contributed by atoms with E-state index >= 15 is 0 Å². The zero-order valence-corrected chi connectivity index (χ0v) is 25.6. The molecule has 6 aromatic rings. The number of carbonyl (C=O) groups is 2. The van der Waals surface area contributed by atoms with Gasteiger partial charge in [-0.15, -0.1) is 0 Å². The van der Waals surface area contributed by atoms with Crippen LogP contribution in [0.25, 0.3) is 11.1 Å². The quantitative estimate of drug-likeness (QED) is 0.134. The van der Waals surface area contributed by atoms with Gasteiger partial charge in [0.25, 0.3) is 11.8 Å². The van der Waals surface area contributed by atoms with Crippen molar-refractivity contribution in [2.75, 3.05) is 21.3 Å². The summed E-state index contributed by atoms with van der Waals surface area (Å²) in [5.41, 5.74) is 8.26. The van der Waals surface area contributed by atoms with Crippen molar-refractivity contribution in [2.24, 2.45) is 14.1 Å². The normalized spacial score (nSPS) is 10.6. The molecule has 4 aromatic carbocycles. The first-order chi connectivity index (χ1) is 22.4. The van der Waals surface area contributed by atoms with Gasteiger partial charge >= 0.3 is 0 Å². The third-order valence-corrected chi connectivity index (χ3v) is 7.45. The lowest BCUT2D eigenvalue weighted by Gasteiger charge is -2.10. The molecule has 0 aliphatic heterocycles. The molecule has 0 atom stereocenters. The molecule has 2 amide bonds. The fourth-order valence-corrected chi connectivity index (χ4v) is 4.81. The van der Waals surface area contributed by atoms with E-state index in [9.17, 15) is 9.59 Å². The molecule has 0 spiro atoms. The second-order valence-electron chi connectivity index (χ2n) is 11.0. The summed E-state index contributed by atoms with van der Waals surface area (Å²) in [6, 6.07) is 38.0. The van der Waals surface area contributed by atoms with Crippen LogP contribution in [-0.2, 0) is 14.1 Å². The molecule has 0 aliphatic rings. The molecule has 2 heterocycles. The molecular weight excluding hydrogens is 572 g/mol. The summed E-state index contributed by atoms with van der Waals surface area (Å²) in [6.45, 7) is 0. The molecule has 0 saturated heterocycles. The Morgan fingerprint density at radius 1 is 0.391 bits per heavy atom. The van der Waals surface area contributed by atoms with E-state index < -0.39 is 0 Å². The molecule has 46 heavy (non-hydrogen) atoms. The van der Waals surface area contributed by atoms with Gasteiger partial charge in [-0.2, -0.15) is 0 Å². The van der Waals surface area contributed by atoms with Crippen molar-refractivity contribution >= 4 is 45.9 Å². The minimum atomic E-state index is -0.187. The lowest BCUT2D eigenvalue weighted by molar-refractivity contribution is -0.671. The van der Waals surface area contributed by atoms with Crippen LogP contribution in [0.4, 0.5) is 34.1 Å². The van der Waals surface area contributed by atoms with E-state index in [1.807, 2.05) is 145 Å². The summed E-state index contributed by atoms with van der Waals surface area (Å²) in [7, 11) is 3.95. The second kappa shape index (κ2) is 13.6. The highest BCUT2D eigenvalue weighted by Gasteiger charge is 2.10. The van der Waals surface area contributed by atoms with Crippen LogP contribution in [0, 0.1) is 0 Å². The smallest absolute Gasteiger partial charge is 0.255 e. The Morgan fingerprint density at radius 3 is 1.00 bits per heavy atom. The first kappa shape index (κ1) is 29.8. The Labute approximate surface area is 268 Å². The number of nitrogens with zero attached hydrogens (tertiary/aromatic N) is 2. The summed E-state index contributed by atoms with van der Waals surface area (Å²) in [5, 5.41) is 12.6. The van der Waals surface area contributed by atoms with Gasteiger partial charge in [0.15, 0.2) is 24.8 Å². The first-order valence-electron chi connectivity index (χ1n) is 14.9. The Morgan fingerprint density at radius 2 is 0.674 bits per heavy atom. The third-order valence-electron chi connectivity index (χ3n) is 7.45. The van der Waals surface area contributed by atoms with Gasteiger partial charge in [0.1, 0.15) is 14.1 Å². The average Bonchev–Trinajstić information content (AvgIpc) is 3.09. The first-order valence-corrected chi connectivity index (χ1v) is 14.9. The van der Waals surface area contributed by atoms with Crippen molar-refractivity contribution in [3.8, 4) is 11.1 Å². The SMILES string of the molecule is C[n+]1ccc(Nc2ccc(NC(=O)c3ccc(-c4ccc(C(=O)Nc5ccc(Nc6cc[n+](C)cc6)cc5)cc4)cc3)cc2)cc1. The molecule has 226 valence electrons. The van der Waals surface area contributed by atoms with Crippen LogP contribution >= 0.6 is 0 Å². The molecule has 2 aromatic heterocycles. The molecule has 0 radical (unpaired) electrons. The highest BCUT2D eigenvalue weighted by atomic mass is 16.2. The van der Waals surface area contributed by atoms with Crippen molar-refractivity contribution in [1.29, 1.82) is 0 Å². The summed E-state index contributed by atoms with van der Waals surface area (Å²) in [4.78, 5) is 25.7. The molecule has 8 heteroatoms. The van der Waals surface area contributed by atoms with Crippen LogP contribution in [-0.4, -0.2) is 11.8 Å². The van der Waals surface area contributed by atoms with E-state index in [2.05, 4.69) is 21.3 Å². The predicted octanol–water partition coefficient (Wildman–Crippen LogP) is 6.99. The fraction of sp³-hybridized carbons (Fsp3) is 0.0526. The van der Waals surface area contributed by atoms with Crippen molar-refractivity contribution in [2.45, 2.75) is 0 Å². The van der Waals surface area contributed by atoms with E-state index in [0.29, 0.717) is 22.5 Å². The van der Waals surface area contributed by atoms with Gasteiger partial charge in [0.2, 0.25) is 0 Å². The molecule has 0 aliphatic carbocycles. The average molecular weight is 607 g/mol. The molecule has 8 nitrogen and oxygen atoms in total. The van der Waals surface area contributed by atoms with Gasteiger partial charge in [-0.25, -0.2) is 9.13 Å². The number of aromatic nitrogens is 2. The van der Waals surface area contributed by atoms with Crippen molar-refractivity contribution in [3.63, 3.8) is 0 Å². The van der Waals surface area contributed by atoms with E-state index in [4.69, 9.17) is 0 Å². The Balaban J connectivity index is 1.01. The molecule has 0 saturated carbocycles. The zero-order chi connectivity index (χ0) is 31.9. The molecule has 6 rings (SSSR count). The number of anilines is 6. The monoisotopic (exact) mass is 606 g/mol. The van der Waals surface area contributed by atoms with E-state index in [1.165, 1.54) is 0 Å². The Hall–Kier alpha value is -6.28. The largest absolute Gasteiger partial charge is 0.355 e. The van der Waals surface area contributed by atoms with Gasteiger partial charge < -0.3 is 21.3 Å². The number of amides is 2. The minimum Gasteiger partial charge on any atom is -0.355 e. The third kappa shape index (κ3) is 7.62. The number of hydrogen-bond acceptors (Lipinski definition) is 4. The van der Waals surface area contributed by atoms with E-state index in [0.717, 1.165) is 33.9 Å². The van der Waals surface area contributed by atoms with Gasteiger partial charge in [-0.1, -0.05) is 24.3 Å². The minimum absolute atomic E-state index is 0.187. The van der Waals surface area contributed by atoms with E-state index in [-0.39, 0.29) is 11.8 Å². The number of carbonyl (C=O) groups excluding carboxylic acids is 2. The van der Waals surface area contributed by atoms with Gasteiger partial charge in [0.05, 0.1) is 11.4 Å². The number of hydrogen-bond donors (Lipinski definition) is 4. The maximum absolute atomic E-state index is 12.9. The predicted molar refractivity (Wildman–Crippen MR) is 182 cm³/mol.